The highest BCUT2D eigenvalue weighted by Gasteiger charge is 2.14. The number of anilines is 1. The van der Waals surface area contributed by atoms with Crippen molar-refractivity contribution >= 4 is 17.4 Å². The number of rotatable bonds is 4. The molecule has 1 aromatic carbocycles. The molecule has 4 nitrogen and oxygen atoms in total. The van der Waals surface area contributed by atoms with E-state index in [2.05, 4.69) is 10.4 Å². The third-order valence-electron chi connectivity index (χ3n) is 2.90. The molecule has 0 spiro atoms. The van der Waals surface area contributed by atoms with E-state index in [-0.39, 0.29) is 11.1 Å². The Kier molecular flexibility index (Phi) is 4.31. The van der Waals surface area contributed by atoms with Crippen molar-refractivity contribution in [3.8, 4) is 0 Å². The molecule has 0 bridgehead atoms. The second kappa shape index (κ2) is 5.97. The zero-order chi connectivity index (χ0) is 13.8. The summed E-state index contributed by atoms with van der Waals surface area (Å²) in [7, 11) is 0. The van der Waals surface area contributed by atoms with Crippen LogP contribution in [0, 0.1) is 5.82 Å². The van der Waals surface area contributed by atoms with E-state index < -0.39 is 5.82 Å². The van der Waals surface area contributed by atoms with Crippen LogP contribution in [0.25, 0.3) is 0 Å². The molecule has 0 aliphatic rings. The summed E-state index contributed by atoms with van der Waals surface area (Å²) in [6, 6.07) is 7.96. The van der Waals surface area contributed by atoms with Crippen molar-refractivity contribution in [3.63, 3.8) is 0 Å². The first-order chi connectivity index (χ1) is 9.11. The van der Waals surface area contributed by atoms with Crippen molar-refractivity contribution in [2.24, 2.45) is 5.84 Å². The molecule has 100 valence electrons. The molecule has 0 saturated carbocycles. The van der Waals surface area contributed by atoms with E-state index in [1.54, 1.807) is 24.4 Å². The topological polar surface area (TPSA) is 77.0 Å². The normalized spacial score (nSPS) is 12.4. The molecule has 1 heterocycles. The Hall–Kier alpha value is -1.69. The number of pyridine rings is 1. The lowest BCUT2D eigenvalue weighted by molar-refractivity contribution is 0.549. The second-order valence-electron chi connectivity index (χ2n) is 4.14. The number of halogens is 2. The molecule has 0 aliphatic heterocycles. The average Bonchev–Trinajstić information content (AvgIpc) is 2.41. The molecule has 1 unspecified atom stereocenters. The second-order valence-corrected chi connectivity index (χ2v) is 4.55. The fraction of sp³-hybridized carbons (Fsp3) is 0.154. The first-order valence-corrected chi connectivity index (χ1v) is 6.10. The minimum absolute atomic E-state index is 0.0666. The Morgan fingerprint density at radius 1 is 1.37 bits per heavy atom. The summed E-state index contributed by atoms with van der Waals surface area (Å²) in [5.74, 6) is 5.54. The van der Waals surface area contributed by atoms with Crippen LogP contribution in [-0.4, -0.2) is 4.98 Å². The Balaban J connectivity index is 2.25. The number of nitrogens with zero attached hydrogens (tertiary/aromatic N) is 1. The van der Waals surface area contributed by atoms with Gasteiger partial charge in [-0.2, -0.15) is 0 Å². The largest absolute Gasteiger partial charge is 0.383 e. The fourth-order valence-corrected chi connectivity index (χ4v) is 2.03. The predicted molar refractivity (Wildman–Crippen MR) is 73.8 cm³/mol. The van der Waals surface area contributed by atoms with Gasteiger partial charge in [0.25, 0.3) is 0 Å². The van der Waals surface area contributed by atoms with E-state index in [0.29, 0.717) is 12.2 Å². The van der Waals surface area contributed by atoms with Gasteiger partial charge < -0.3 is 5.73 Å². The number of aromatic nitrogens is 1. The summed E-state index contributed by atoms with van der Waals surface area (Å²) in [4.78, 5) is 4.01. The summed E-state index contributed by atoms with van der Waals surface area (Å²) in [5.41, 5.74) is 10.1. The smallest absolute Gasteiger partial charge is 0.141 e. The number of benzene rings is 1. The van der Waals surface area contributed by atoms with Gasteiger partial charge in [-0.15, -0.1) is 0 Å². The molecule has 6 heteroatoms. The van der Waals surface area contributed by atoms with Crippen LogP contribution in [0.3, 0.4) is 0 Å². The quantitative estimate of drug-likeness (QED) is 0.593. The van der Waals surface area contributed by atoms with Crippen LogP contribution in [0.5, 0.6) is 0 Å². The minimum atomic E-state index is -0.456. The number of hydrogen-bond donors (Lipinski definition) is 3. The highest BCUT2D eigenvalue weighted by atomic mass is 35.5. The fourth-order valence-electron chi connectivity index (χ4n) is 1.85. The number of hydrogen-bond acceptors (Lipinski definition) is 4. The Bertz CT molecular complexity index is 576. The maximum Gasteiger partial charge on any atom is 0.141 e. The summed E-state index contributed by atoms with van der Waals surface area (Å²) in [6.07, 6.45) is 2.16. The van der Waals surface area contributed by atoms with Crippen molar-refractivity contribution in [3.05, 3.63) is 58.5 Å². The zero-order valence-electron chi connectivity index (χ0n) is 10.1. The van der Waals surface area contributed by atoms with E-state index in [4.69, 9.17) is 23.2 Å². The average molecular weight is 281 g/mol. The molecular formula is C13H14ClFN4. The summed E-state index contributed by atoms with van der Waals surface area (Å²) in [5, 5.41) is 0.0666. The van der Waals surface area contributed by atoms with Gasteiger partial charge in [0.2, 0.25) is 0 Å². The van der Waals surface area contributed by atoms with Gasteiger partial charge in [-0.05, 0) is 35.7 Å². The van der Waals surface area contributed by atoms with Crippen LogP contribution >= 0.6 is 11.6 Å². The predicted octanol–water partition coefficient (Wildman–Crippen LogP) is 2.20. The molecule has 1 aromatic heterocycles. The van der Waals surface area contributed by atoms with Crippen molar-refractivity contribution in [2.75, 3.05) is 5.73 Å². The lowest BCUT2D eigenvalue weighted by Gasteiger charge is -2.17. The first-order valence-electron chi connectivity index (χ1n) is 5.72. The molecule has 1 atom stereocenters. The Morgan fingerprint density at radius 2 is 2.16 bits per heavy atom. The molecule has 0 amide bonds. The number of nitrogens with one attached hydrogen (secondary N) is 1. The highest BCUT2D eigenvalue weighted by Crippen LogP contribution is 2.24. The van der Waals surface area contributed by atoms with Crippen LogP contribution in [0.2, 0.25) is 5.02 Å². The number of nitrogens with two attached hydrogens (primary N) is 2. The van der Waals surface area contributed by atoms with Gasteiger partial charge in [-0.1, -0.05) is 23.7 Å². The summed E-state index contributed by atoms with van der Waals surface area (Å²) < 4.78 is 13.1. The van der Waals surface area contributed by atoms with E-state index in [0.717, 1.165) is 11.1 Å². The summed E-state index contributed by atoms with van der Waals surface area (Å²) >= 11 is 5.77. The van der Waals surface area contributed by atoms with E-state index in [9.17, 15) is 4.39 Å². The SMILES string of the molecule is NNC(Cc1cccnc1N)c1ccc(F)c(Cl)c1. The molecule has 19 heavy (non-hydrogen) atoms. The minimum Gasteiger partial charge on any atom is -0.383 e. The maximum atomic E-state index is 13.1. The molecule has 0 aliphatic carbocycles. The van der Waals surface area contributed by atoms with E-state index in [1.165, 1.54) is 6.07 Å². The van der Waals surface area contributed by atoms with E-state index >= 15 is 0 Å². The van der Waals surface area contributed by atoms with Gasteiger partial charge >= 0.3 is 0 Å². The molecule has 0 saturated heterocycles. The monoisotopic (exact) mass is 280 g/mol. The lowest BCUT2D eigenvalue weighted by atomic mass is 10.00. The van der Waals surface area contributed by atoms with Gasteiger partial charge in [0.1, 0.15) is 11.6 Å². The van der Waals surface area contributed by atoms with Crippen molar-refractivity contribution in [1.29, 1.82) is 0 Å². The molecule has 2 aromatic rings. The highest BCUT2D eigenvalue weighted by molar-refractivity contribution is 6.30. The van der Waals surface area contributed by atoms with Crippen LogP contribution in [0.4, 0.5) is 10.2 Å². The van der Waals surface area contributed by atoms with Gasteiger partial charge in [0.05, 0.1) is 11.1 Å². The number of hydrazine groups is 1. The van der Waals surface area contributed by atoms with Gasteiger partial charge in [-0.3, -0.25) is 11.3 Å². The van der Waals surface area contributed by atoms with E-state index in [1.807, 2.05) is 6.07 Å². The Morgan fingerprint density at radius 3 is 2.79 bits per heavy atom. The molecule has 0 fully saturated rings. The lowest BCUT2D eigenvalue weighted by Crippen LogP contribution is -2.29. The van der Waals surface area contributed by atoms with Gasteiger partial charge in [0.15, 0.2) is 0 Å². The maximum absolute atomic E-state index is 13.1. The van der Waals surface area contributed by atoms with Crippen LogP contribution in [0.1, 0.15) is 17.2 Å². The van der Waals surface area contributed by atoms with Crippen molar-refractivity contribution in [1.82, 2.24) is 10.4 Å². The van der Waals surface area contributed by atoms with Crippen molar-refractivity contribution in [2.45, 2.75) is 12.5 Å². The Labute approximate surface area is 115 Å². The van der Waals surface area contributed by atoms with Crippen LogP contribution in [-0.2, 0) is 6.42 Å². The van der Waals surface area contributed by atoms with Crippen molar-refractivity contribution < 1.29 is 4.39 Å². The zero-order valence-corrected chi connectivity index (χ0v) is 10.9. The third-order valence-corrected chi connectivity index (χ3v) is 3.19. The van der Waals surface area contributed by atoms with Gasteiger partial charge in [0, 0.05) is 6.20 Å². The van der Waals surface area contributed by atoms with Crippen LogP contribution in [0.15, 0.2) is 36.5 Å². The molecule has 5 N–H and O–H groups in total. The molecule has 2 rings (SSSR count). The standard InChI is InChI=1S/C13H14ClFN4/c14-10-6-8(3-4-11(10)15)12(19-17)7-9-2-1-5-18-13(9)16/h1-6,12,19H,7,17H2,(H2,16,18). The number of nitrogen functional groups attached to an aromatic ring is 1. The van der Waals surface area contributed by atoms with Gasteiger partial charge in [-0.25, -0.2) is 9.37 Å². The first kappa shape index (κ1) is 13.7. The van der Waals surface area contributed by atoms with Crippen LogP contribution < -0.4 is 17.0 Å². The molecule has 0 radical (unpaired) electrons. The summed E-state index contributed by atoms with van der Waals surface area (Å²) in [6.45, 7) is 0. The molecular weight excluding hydrogens is 267 g/mol. The third kappa shape index (κ3) is 3.20.